The zero-order valence-corrected chi connectivity index (χ0v) is 11.4. The topological polar surface area (TPSA) is 71.1 Å². The van der Waals surface area contributed by atoms with Gasteiger partial charge in [0.15, 0.2) is 0 Å². The van der Waals surface area contributed by atoms with Gasteiger partial charge in [0, 0.05) is 18.9 Å². The van der Waals surface area contributed by atoms with Crippen LogP contribution in [0.25, 0.3) is 0 Å². The molecule has 1 aromatic heterocycles. The van der Waals surface area contributed by atoms with Crippen molar-refractivity contribution < 1.29 is 14.0 Å². The first kappa shape index (κ1) is 14.6. The summed E-state index contributed by atoms with van der Waals surface area (Å²) in [6.07, 6.45) is 1.32. The number of nitrogens with zero attached hydrogens (tertiary/aromatic N) is 1. The summed E-state index contributed by atoms with van der Waals surface area (Å²) in [4.78, 5) is 26.9. The van der Waals surface area contributed by atoms with E-state index in [-0.39, 0.29) is 17.9 Å². The van der Waals surface area contributed by atoms with Crippen LogP contribution in [0.1, 0.15) is 15.9 Å². The van der Waals surface area contributed by atoms with Crippen molar-refractivity contribution in [3.8, 4) is 0 Å². The van der Waals surface area contributed by atoms with Crippen molar-refractivity contribution in [1.82, 2.24) is 10.3 Å². The lowest BCUT2D eigenvalue weighted by Gasteiger charge is -2.10. The van der Waals surface area contributed by atoms with Crippen LogP contribution < -0.4 is 10.6 Å². The maximum absolute atomic E-state index is 12.7. The first-order valence-corrected chi connectivity index (χ1v) is 6.31. The fourth-order valence-corrected chi connectivity index (χ4v) is 1.76. The Morgan fingerprint density at radius 2 is 1.95 bits per heavy atom. The summed E-state index contributed by atoms with van der Waals surface area (Å²) in [5.41, 5.74) is 1.47. The van der Waals surface area contributed by atoms with Crippen molar-refractivity contribution in [2.24, 2.45) is 0 Å². The molecule has 0 aliphatic heterocycles. The van der Waals surface area contributed by atoms with E-state index in [0.29, 0.717) is 11.3 Å². The Labute approximate surface area is 121 Å². The van der Waals surface area contributed by atoms with Crippen LogP contribution in [-0.4, -0.2) is 23.8 Å². The molecule has 2 rings (SSSR count). The second-order valence-electron chi connectivity index (χ2n) is 4.33. The summed E-state index contributed by atoms with van der Waals surface area (Å²) in [5, 5.41) is 5.22. The molecule has 0 aliphatic rings. The van der Waals surface area contributed by atoms with E-state index in [0.717, 1.165) is 12.3 Å². The number of hydrogen-bond donors (Lipinski definition) is 2. The predicted octanol–water partition coefficient (Wildman–Crippen LogP) is 1.76. The number of halogens is 1. The van der Waals surface area contributed by atoms with Gasteiger partial charge in [-0.3, -0.25) is 9.59 Å². The minimum atomic E-state index is -0.647. The summed E-state index contributed by atoms with van der Waals surface area (Å²) in [6.45, 7) is 0. The first-order chi connectivity index (χ1) is 10.1. The number of para-hydroxylation sites is 1. The van der Waals surface area contributed by atoms with Gasteiger partial charge in [0.1, 0.15) is 0 Å². The number of benzene rings is 1. The Bertz CT molecular complexity index is 656. The lowest BCUT2D eigenvalue weighted by atomic mass is 10.1. The molecule has 5 nitrogen and oxygen atoms in total. The second kappa shape index (κ2) is 6.60. The minimum absolute atomic E-state index is 0.153. The fourth-order valence-electron chi connectivity index (χ4n) is 1.76. The zero-order chi connectivity index (χ0) is 15.2. The molecule has 108 valence electrons. The zero-order valence-electron chi connectivity index (χ0n) is 11.4. The molecule has 6 heteroatoms. The molecule has 0 bridgehead atoms. The number of anilines is 1. The molecule has 1 heterocycles. The molecule has 0 spiro atoms. The van der Waals surface area contributed by atoms with E-state index in [4.69, 9.17) is 0 Å². The highest BCUT2D eigenvalue weighted by Crippen LogP contribution is 2.16. The number of nitrogens with one attached hydrogen (secondary N) is 2. The van der Waals surface area contributed by atoms with Crippen molar-refractivity contribution >= 4 is 17.5 Å². The highest BCUT2D eigenvalue weighted by molar-refractivity contribution is 6.04. The van der Waals surface area contributed by atoms with Gasteiger partial charge in [-0.15, -0.1) is 0 Å². The van der Waals surface area contributed by atoms with Crippen LogP contribution in [0.15, 0.2) is 42.6 Å². The van der Waals surface area contributed by atoms with Gasteiger partial charge in [0.25, 0.3) is 5.91 Å². The number of amides is 2. The van der Waals surface area contributed by atoms with Gasteiger partial charge in [-0.05, 0) is 23.8 Å². The molecule has 1 aromatic carbocycles. The molecule has 0 radical (unpaired) electrons. The number of carbonyl (C=O) groups is 2. The number of pyridine rings is 1. The van der Waals surface area contributed by atoms with E-state index in [2.05, 4.69) is 15.6 Å². The SMILES string of the molecule is CNC(=O)Cc1ccccc1NC(=O)c1ccc(F)nc1. The third-order valence-corrected chi connectivity index (χ3v) is 2.88. The van der Waals surface area contributed by atoms with Crippen molar-refractivity contribution in [1.29, 1.82) is 0 Å². The Morgan fingerprint density at radius 3 is 2.62 bits per heavy atom. The summed E-state index contributed by atoms with van der Waals surface area (Å²) in [6, 6.07) is 9.46. The molecule has 2 N–H and O–H groups in total. The van der Waals surface area contributed by atoms with Gasteiger partial charge in [0.05, 0.1) is 12.0 Å². The lowest BCUT2D eigenvalue weighted by molar-refractivity contribution is -0.119. The molecule has 0 saturated carbocycles. The summed E-state index contributed by atoms with van der Waals surface area (Å²) in [5.74, 6) is -1.21. The lowest BCUT2D eigenvalue weighted by Crippen LogP contribution is -2.21. The van der Waals surface area contributed by atoms with Gasteiger partial charge >= 0.3 is 0 Å². The predicted molar refractivity (Wildman–Crippen MR) is 76.4 cm³/mol. The molecular weight excluding hydrogens is 273 g/mol. The van der Waals surface area contributed by atoms with E-state index >= 15 is 0 Å². The molecule has 21 heavy (non-hydrogen) atoms. The van der Waals surface area contributed by atoms with Crippen LogP contribution in [0.3, 0.4) is 0 Å². The minimum Gasteiger partial charge on any atom is -0.359 e. The summed E-state index contributed by atoms with van der Waals surface area (Å²) < 4.78 is 12.7. The average Bonchev–Trinajstić information content (AvgIpc) is 2.49. The molecule has 0 atom stereocenters. The van der Waals surface area contributed by atoms with Gasteiger partial charge in [-0.2, -0.15) is 4.39 Å². The van der Waals surface area contributed by atoms with Crippen molar-refractivity contribution in [3.63, 3.8) is 0 Å². The molecule has 2 aromatic rings. The van der Waals surface area contributed by atoms with Gasteiger partial charge in [-0.1, -0.05) is 18.2 Å². The van der Waals surface area contributed by atoms with Crippen LogP contribution in [0.5, 0.6) is 0 Å². The second-order valence-corrected chi connectivity index (χ2v) is 4.33. The maximum Gasteiger partial charge on any atom is 0.257 e. The van der Waals surface area contributed by atoms with Crippen LogP contribution in [0, 0.1) is 5.95 Å². The van der Waals surface area contributed by atoms with E-state index in [1.165, 1.54) is 6.07 Å². The van der Waals surface area contributed by atoms with Crippen LogP contribution in [0.4, 0.5) is 10.1 Å². The van der Waals surface area contributed by atoms with Crippen LogP contribution in [0.2, 0.25) is 0 Å². The third-order valence-electron chi connectivity index (χ3n) is 2.88. The van der Waals surface area contributed by atoms with Gasteiger partial charge < -0.3 is 10.6 Å². The largest absolute Gasteiger partial charge is 0.359 e. The van der Waals surface area contributed by atoms with Crippen LogP contribution in [-0.2, 0) is 11.2 Å². The molecular formula is C15H14FN3O2. The number of aromatic nitrogens is 1. The summed E-state index contributed by atoms with van der Waals surface area (Å²) in [7, 11) is 1.55. The highest BCUT2D eigenvalue weighted by Gasteiger charge is 2.11. The average molecular weight is 287 g/mol. The van der Waals surface area contributed by atoms with E-state index < -0.39 is 11.9 Å². The van der Waals surface area contributed by atoms with Crippen molar-refractivity contribution in [2.75, 3.05) is 12.4 Å². The monoisotopic (exact) mass is 287 g/mol. The maximum atomic E-state index is 12.7. The Hall–Kier alpha value is -2.76. The number of hydrogen-bond acceptors (Lipinski definition) is 3. The highest BCUT2D eigenvalue weighted by atomic mass is 19.1. The number of likely N-dealkylation sites (N-methyl/N-ethyl adjacent to an activating group) is 1. The van der Waals surface area contributed by atoms with Gasteiger partial charge in [-0.25, -0.2) is 4.98 Å². The van der Waals surface area contributed by atoms with Crippen molar-refractivity contribution in [3.05, 3.63) is 59.7 Å². The smallest absolute Gasteiger partial charge is 0.257 e. The molecule has 0 unspecified atom stereocenters. The molecule has 0 fully saturated rings. The third kappa shape index (κ3) is 3.85. The first-order valence-electron chi connectivity index (χ1n) is 6.31. The van der Waals surface area contributed by atoms with E-state index in [9.17, 15) is 14.0 Å². The standard InChI is InChI=1S/C15H14FN3O2/c1-17-14(20)8-10-4-2-3-5-12(10)19-15(21)11-6-7-13(16)18-9-11/h2-7,9H,8H2,1H3,(H,17,20)(H,19,21). The van der Waals surface area contributed by atoms with Crippen LogP contribution >= 0.6 is 0 Å². The van der Waals surface area contributed by atoms with E-state index in [1.54, 1.807) is 31.3 Å². The quantitative estimate of drug-likeness (QED) is 0.842. The molecule has 0 aliphatic carbocycles. The Morgan fingerprint density at radius 1 is 1.19 bits per heavy atom. The molecule has 0 saturated heterocycles. The Kier molecular flexibility index (Phi) is 4.61. The summed E-state index contributed by atoms with van der Waals surface area (Å²) >= 11 is 0. The van der Waals surface area contributed by atoms with Gasteiger partial charge in [0.2, 0.25) is 11.9 Å². The van der Waals surface area contributed by atoms with Crippen molar-refractivity contribution in [2.45, 2.75) is 6.42 Å². The number of rotatable bonds is 4. The van der Waals surface area contributed by atoms with E-state index in [1.807, 2.05) is 0 Å². The number of carbonyl (C=O) groups excluding carboxylic acids is 2. The Balaban J connectivity index is 2.17. The molecule has 2 amide bonds. The normalized spacial score (nSPS) is 10.0. The fraction of sp³-hybridized carbons (Fsp3) is 0.133.